The average Bonchev–Trinajstić information content (AvgIpc) is 2.52. The van der Waals surface area contributed by atoms with Crippen LogP contribution in [0.1, 0.15) is 11.3 Å². The van der Waals surface area contributed by atoms with E-state index in [4.69, 9.17) is 10.5 Å². The number of fused-ring (bicyclic) bond motifs is 1. The number of methoxy groups -OCH3 is 1. The Kier molecular flexibility index (Phi) is 2.40. The van der Waals surface area contributed by atoms with Crippen molar-refractivity contribution in [3.63, 3.8) is 0 Å². The highest BCUT2D eigenvalue weighted by Crippen LogP contribution is 2.32. The van der Waals surface area contributed by atoms with Gasteiger partial charge in [0.1, 0.15) is 5.75 Å². The molecule has 0 spiro atoms. The van der Waals surface area contributed by atoms with Crippen molar-refractivity contribution in [1.82, 2.24) is 4.57 Å². The maximum absolute atomic E-state index is 5.78. The molecule has 0 radical (unpaired) electrons. The number of aryl methyl sites for hydroxylation is 1. The molecular formula is C12H16N2O. The normalized spacial score (nSPS) is 10.9. The van der Waals surface area contributed by atoms with E-state index in [-0.39, 0.29) is 0 Å². The number of hydrogen-bond donors (Lipinski definition) is 1. The summed E-state index contributed by atoms with van der Waals surface area (Å²) < 4.78 is 7.52. The third-order valence-electron chi connectivity index (χ3n) is 3.03. The molecule has 1 heterocycles. The van der Waals surface area contributed by atoms with Crippen LogP contribution in [0.15, 0.2) is 18.2 Å². The molecule has 0 bridgehead atoms. The first-order valence-electron chi connectivity index (χ1n) is 5.01. The minimum atomic E-state index is 0.545. The maximum atomic E-state index is 5.78. The van der Waals surface area contributed by atoms with Gasteiger partial charge < -0.3 is 15.0 Å². The number of ether oxygens (including phenoxy) is 1. The molecule has 80 valence electrons. The molecule has 0 atom stereocenters. The lowest BCUT2D eigenvalue weighted by molar-refractivity contribution is 0.419. The Morgan fingerprint density at radius 3 is 2.73 bits per heavy atom. The largest absolute Gasteiger partial charge is 0.496 e. The van der Waals surface area contributed by atoms with E-state index >= 15 is 0 Å². The topological polar surface area (TPSA) is 40.2 Å². The van der Waals surface area contributed by atoms with Gasteiger partial charge in [0.2, 0.25) is 0 Å². The first-order valence-corrected chi connectivity index (χ1v) is 5.01. The zero-order valence-electron chi connectivity index (χ0n) is 9.37. The Hall–Kier alpha value is -1.48. The maximum Gasteiger partial charge on any atom is 0.128 e. The lowest BCUT2D eigenvalue weighted by atomic mass is 10.1. The zero-order chi connectivity index (χ0) is 11.0. The van der Waals surface area contributed by atoms with Crippen LogP contribution in [0.4, 0.5) is 0 Å². The molecule has 0 aliphatic rings. The molecule has 0 amide bonds. The lowest BCUT2D eigenvalue weighted by Gasteiger charge is -2.03. The second-order valence-corrected chi connectivity index (χ2v) is 3.68. The summed E-state index contributed by atoms with van der Waals surface area (Å²) in [6, 6.07) is 6.06. The molecule has 1 aromatic heterocycles. The van der Waals surface area contributed by atoms with Gasteiger partial charge >= 0.3 is 0 Å². The molecule has 0 aliphatic carbocycles. The fraction of sp³-hybridized carbons (Fsp3) is 0.333. The van der Waals surface area contributed by atoms with Crippen molar-refractivity contribution in [2.45, 2.75) is 13.5 Å². The van der Waals surface area contributed by atoms with E-state index in [1.807, 2.05) is 12.1 Å². The van der Waals surface area contributed by atoms with Gasteiger partial charge in [0.05, 0.1) is 12.6 Å². The minimum Gasteiger partial charge on any atom is -0.496 e. The van der Waals surface area contributed by atoms with E-state index < -0.39 is 0 Å². The summed E-state index contributed by atoms with van der Waals surface area (Å²) in [6.45, 7) is 2.63. The summed E-state index contributed by atoms with van der Waals surface area (Å²) in [5.41, 5.74) is 9.34. The van der Waals surface area contributed by atoms with Crippen LogP contribution in [0.3, 0.4) is 0 Å². The van der Waals surface area contributed by atoms with Crippen molar-refractivity contribution in [3.8, 4) is 5.75 Å². The van der Waals surface area contributed by atoms with Crippen LogP contribution in [0, 0.1) is 6.92 Å². The van der Waals surface area contributed by atoms with Crippen molar-refractivity contribution in [3.05, 3.63) is 29.5 Å². The monoisotopic (exact) mass is 204 g/mol. The molecular weight excluding hydrogens is 188 g/mol. The molecule has 2 rings (SSSR count). The van der Waals surface area contributed by atoms with E-state index in [0.29, 0.717) is 6.54 Å². The van der Waals surface area contributed by atoms with Crippen LogP contribution in [0.25, 0.3) is 10.9 Å². The molecule has 0 aliphatic heterocycles. The highest BCUT2D eigenvalue weighted by Gasteiger charge is 2.13. The Morgan fingerprint density at radius 2 is 2.13 bits per heavy atom. The summed E-state index contributed by atoms with van der Waals surface area (Å²) in [7, 11) is 3.74. The SMILES string of the molecule is COc1cccc2c1c(CN)c(C)n2C. The molecule has 1 aromatic carbocycles. The fourth-order valence-corrected chi connectivity index (χ4v) is 2.09. The second kappa shape index (κ2) is 3.59. The fourth-order valence-electron chi connectivity index (χ4n) is 2.09. The highest BCUT2D eigenvalue weighted by atomic mass is 16.5. The number of hydrogen-bond acceptors (Lipinski definition) is 2. The third kappa shape index (κ3) is 1.31. The third-order valence-corrected chi connectivity index (χ3v) is 3.03. The van der Waals surface area contributed by atoms with Crippen LogP contribution in [-0.4, -0.2) is 11.7 Å². The molecule has 2 aromatic rings. The van der Waals surface area contributed by atoms with E-state index in [1.165, 1.54) is 16.8 Å². The van der Waals surface area contributed by atoms with Crippen molar-refractivity contribution in [1.29, 1.82) is 0 Å². The van der Waals surface area contributed by atoms with Gasteiger partial charge in [-0.1, -0.05) is 6.07 Å². The van der Waals surface area contributed by atoms with Gasteiger partial charge in [-0.2, -0.15) is 0 Å². The first kappa shape index (κ1) is 10.1. The summed E-state index contributed by atoms with van der Waals surface area (Å²) in [5, 5.41) is 1.14. The predicted molar refractivity (Wildman–Crippen MR) is 62.1 cm³/mol. The molecule has 0 saturated carbocycles. The Bertz CT molecular complexity index is 500. The van der Waals surface area contributed by atoms with E-state index in [0.717, 1.165) is 11.1 Å². The standard InChI is InChI=1S/C12H16N2O/c1-8-9(7-13)12-10(14(8)2)5-4-6-11(12)15-3/h4-6H,7,13H2,1-3H3. The molecule has 0 unspecified atom stereocenters. The van der Waals surface area contributed by atoms with Crippen LogP contribution in [-0.2, 0) is 13.6 Å². The highest BCUT2D eigenvalue weighted by molar-refractivity contribution is 5.91. The molecule has 2 N–H and O–H groups in total. The van der Waals surface area contributed by atoms with Crippen molar-refractivity contribution < 1.29 is 4.74 Å². The van der Waals surface area contributed by atoms with E-state index in [9.17, 15) is 0 Å². The molecule has 0 saturated heterocycles. The second-order valence-electron chi connectivity index (χ2n) is 3.68. The van der Waals surface area contributed by atoms with Crippen molar-refractivity contribution in [2.24, 2.45) is 12.8 Å². The van der Waals surface area contributed by atoms with Gasteiger partial charge in [-0.05, 0) is 24.6 Å². The number of benzene rings is 1. The molecule has 15 heavy (non-hydrogen) atoms. The zero-order valence-corrected chi connectivity index (χ0v) is 9.37. The van der Waals surface area contributed by atoms with Crippen molar-refractivity contribution >= 4 is 10.9 Å². The van der Waals surface area contributed by atoms with Gasteiger partial charge in [0, 0.05) is 24.7 Å². The summed E-state index contributed by atoms with van der Waals surface area (Å²) >= 11 is 0. The summed E-state index contributed by atoms with van der Waals surface area (Å²) in [5.74, 6) is 0.900. The van der Waals surface area contributed by atoms with E-state index in [1.54, 1.807) is 7.11 Å². The van der Waals surface area contributed by atoms with Gasteiger partial charge in [-0.25, -0.2) is 0 Å². The Balaban J connectivity index is 2.91. The van der Waals surface area contributed by atoms with Crippen LogP contribution in [0.5, 0.6) is 5.75 Å². The summed E-state index contributed by atoms with van der Waals surface area (Å²) in [4.78, 5) is 0. The molecule has 0 fully saturated rings. The number of nitrogens with two attached hydrogens (primary N) is 1. The van der Waals surface area contributed by atoms with Crippen LogP contribution < -0.4 is 10.5 Å². The first-order chi connectivity index (χ1) is 7.20. The van der Waals surface area contributed by atoms with Gasteiger partial charge in [0.15, 0.2) is 0 Å². The lowest BCUT2D eigenvalue weighted by Crippen LogP contribution is -1.99. The van der Waals surface area contributed by atoms with Gasteiger partial charge in [-0.3, -0.25) is 0 Å². The van der Waals surface area contributed by atoms with Crippen LogP contribution in [0.2, 0.25) is 0 Å². The number of aromatic nitrogens is 1. The predicted octanol–water partition coefficient (Wildman–Crippen LogP) is 1.95. The average molecular weight is 204 g/mol. The van der Waals surface area contributed by atoms with Crippen LogP contribution >= 0.6 is 0 Å². The molecule has 3 heteroatoms. The minimum absolute atomic E-state index is 0.545. The number of rotatable bonds is 2. The van der Waals surface area contributed by atoms with E-state index in [2.05, 4.69) is 24.6 Å². The van der Waals surface area contributed by atoms with Gasteiger partial charge in [0.25, 0.3) is 0 Å². The van der Waals surface area contributed by atoms with Gasteiger partial charge in [-0.15, -0.1) is 0 Å². The smallest absolute Gasteiger partial charge is 0.128 e. The number of nitrogens with zero attached hydrogens (tertiary/aromatic N) is 1. The quantitative estimate of drug-likeness (QED) is 0.812. The summed E-state index contributed by atoms with van der Waals surface area (Å²) in [6.07, 6.45) is 0. The molecule has 3 nitrogen and oxygen atoms in total. The van der Waals surface area contributed by atoms with Crippen molar-refractivity contribution in [2.75, 3.05) is 7.11 Å². The Labute approximate surface area is 89.4 Å². The Morgan fingerprint density at radius 1 is 1.40 bits per heavy atom.